The Bertz CT molecular complexity index is 222. The first-order valence-corrected chi connectivity index (χ1v) is 7.83. The third-order valence-corrected chi connectivity index (χ3v) is 3.98. The molecule has 114 valence electrons. The fourth-order valence-electron chi connectivity index (χ4n) is 2.69. The average molecular weight is 274 g/mol. The summed E-state index contributed by atoms with van der Waals surface area (Å²) >= 11 is 0. The van der Waals surface area contributed by atoms with Crippen molar-refractivity contribution < 1.29 is 20.1 Å². The SMILES string of the molecule is CCCCCCCCCC[C@@H]1O[C@@H](CO)[C@@H](O)[C@@H]1O. The molecule has 0 aromatic rings. The van der Waals surface area contributed by atoms with Crippen LogP contribution in [0.15, 0.2) is 0 Å². The van der Waals surface area contributed by atoms with Gasteiger partial charge in [0.15, 0.2) is 0 Å². The second kappa shape index (κ2) is 9.70. The van der Waals surface area contributed by atoms with E-state index in [0.717, 1.165) is 19.3 Å². The molecular weight excluding hydrogens is 244 g/mol. The molecule has 1 rings (SSSR count). The van der Waals surface area contributed by atoms with Gasteiger partial charge in [-0.2, -0.15) is 0 Å². The highest BCUT2D eigenvalue weighted by Crippen LogP contribution is 2.25. The number of aliphatic hydroxyl groups excluding tert-OH is 3. The van der Waals surface area contributed by atoms with Gasteiger partial charge in [0.2, 0.25) is 0 Å². The van der Waals surface area contributed by atoms with E-state index in [1.807, 2.05) is 0 Å². The number of unbranched alkanes of at least 4 members (excludes halogenated alkanes) is 7. The van der Waals surface area contributed by atoms with Crippen LogP contribution in [-0.4, -0.2) is 46.3 Å². The maximum absolute atomic E-state index is 9.77. The molecule has 4 heteroatoms. The topological polar surface area (TPSA) is 69.9 Å². The first kappa shape index (κ1) is 16.9. The molecule has 0 unspecified atom stereocenters. The van der Waals surface area contributed by atoms with Crippen LogP contribution in [0.5, 0.6) is 0 Å². The predicted octanol–water partition coefficient (Wildman–Crippen LogP) is 2.00. The molecule has 19 heavy (non-hydrogen) atoms. The molecule has 1 aliphatic heterocycles. The maximum atomic E-state index is 9.77. The average Bonchev–Trinajstić information content (AvgIpc) is 2.69. The van der Waals surface area contributed by atoms with E-state index in [-0.39, 0.29) is 12.7 Å². The Morgan fingerprint density at radius 3 is 1.84 bits per heavy atom. The zero-order valence-electron chi connectivity index (χ0n) is 12.1. The number of hydrogen-bond donors (Lipinski definition) is 3. The quantitative estimate of drug-likeness (QED) is 0.533. The molecule has 4 atom stereocenters. The second-order valence-corrected chi connectivity index (χ2v) is 5.64. The van der Waals surface area contributed by atoms with Gasteiger partial charge >= 0.3 is 0 Å². The van der Waals surface area contributed by atoms with Crippen molar-refractivity contribution >= 4 is 0 Å². The van der Waals surface area contributed by atoms with Crippen molar-refractivity contribution in [2.45, 2.75) is 89.1 Å². The summed E-state index contributed by atoms with van der Waals surface area (Å²) in [5, 5.41) is 28.4. The number of ether oxygens (including phenoxy) is 1. The molecule has 0 radical (unpaired) electrons. The molecule has 0 saturated carbocycles. The molecule has 3 N–H and O–H groups in total. The van der Waals surface area contributed by atoms with E-state index in [9.17, 15) is 10.2 Å². The van der Waals surface area contributed by atoms with Crippen LogP contribution >= 0.6 is 0 Å². The molecule has 0 spiro atoms. The number of rotatable bonds is 10. The Morgan fingerprint density at radius 2 is 1.32 bits per heavy atom. The maximum Gasteiger partial charge on any atom is 0.111 e. The van der Waals surface area contributed by atoms with E-state index >= 15 is 0 Å². The van der Waals surface area contributed by atoms with Crippen molar-refractivity contribution in [1.29, 1.82) is 0 Å². The van der Waals surface area contributed by atoms with Crippen LogP contribution in [0.1, 0.15) is 64.7 Å². The standard InChI is InChI=1S/C15H30O4/c1-2-3-4-5-6-7-8-9-10-12-14(17)15(18)13(11-16)19-12/h12-18H,2-11H2,1H3/t12-,13-,14+,15+/m0/s1. The van der Waals surface area contributed by atoms with Gasteiger partial charge in [0.05, 0.1) is 12.7 Å². The number of aliphatic hydroxyl groups is 3. The minimum Gasteiger partial charge on any atom is -0.394 e. The van der Waals surface area contributed by atoms with Crippen molar-refractivity contribution in [3.8, 4) is 0 Å². The van der Waals surface area contributed by atoms with Gasteiger partial charge < -0.3 is 20.1 Å². The largest absolute Gasteiger partial charge is 0.394 e. The number of hydrogen-bond acceptors (Lipinski definition) is 4. The van der Waals surface area contributed by atoms with E-state index in [4.69, 9.17) is 9.84 Å². The third-order valence-electron chi connectivity index (χ3n) is 3.98. The minimum atomic E-state index is -0.941. The Balaban J connectivity index is 2.01. The Kier molecular flexibility index (Phi) is 8.62. The molecule has 0 aromatic heterocycles. The van der Waals surface area contributed by atoms with Crippen molar-refractivity contribution in [3.63, 3.8) is 0 Å². The summed E-state index contributed by atoms with van der Waals surface area (Å²) in [7, 11) is 0. The van der Waals surface area contributed by atoms with Crippen molar-refractivity contribution in [2.75, 3.05) is 6.61 Å². The highest BCUT2D eigenvalue weighted by molar-refractivity contribution is 4.89. The summed E-state index contributed by atoms with van der Waals surface area (Å²) in [5.74, 6) is 0. The second-order valence-electron chi connectivity index (χ2n) is 5.64. The van der Waals surface area contributed by atoms with Gasteiger partial charge in [-0.3, -0.25) is 0 Å². The third kappa shape index (κ3) is 5.78. The van der Waals surface area contributed by atoms with Crippen molar-refractivity contribution in [1.82, 2.24) is 0 Å². The van der Waals surface area contributed by atoms with Gasteiger partial charge in [-0.1, -0.05) is 58.3 Å². The molecular formula is C15H30O4. The van der Waals surface area contributed by atoms with Gasteiger partial charge in [0.25, 0.3) is 0 Å². The van der Waals surface area contributed by atoms with Crippen molar-refractivity contribution in [3.05, 3.63) is 0 Å². The van der Waals surface area contributed by atoms with E-state index in [0.29, 0.717) is 0 Å². The van der Waals surface area contributed by atoms with Crippen LogP contribution < -0.4 is 0 Å². The molecule has 0 bridgehead atoms. The summed E-state index contributed by atoms with van der Waals surface area (Å²) in [6.07, 6.45) is 8.02. The zero-order chi connectivity index (χ0) is 14.1. The fourth-order valence-corrected chi connectivity index (χ4v) is 2.69. The zero-order valence-corrected chi connectivity index (χ0v) is 12.1. The first-order chi connectivity index (χ1) is 9.20. The van der Waals surface area contributed by atoms with E-state index in [2.05, 4.69) is 6.92 Å². The smallest absolute Gasteiger partial charge is 0.111 e. The molecule has 4 nitrogen and oxygen atoms in total. The van der Waals surface area contributed by atoms with Crippen LogP contribution in [0, 0.1) is 0 Å². The lowest BCUT2D eigenvalue weighted by Crippen LogP contribution is -2.33. The van der Waals surface area contributed by atoms with Crippen LogP contribution in [-0.2, 0) is 4.74 Å². The summed E-state index contributed by atoms with van der Waals surface area (Å²) in [6, 6.07) is 0. The van der Waals surface area contributed by atoms with Gasteiger partial charge in [0, 0.05) is 0 Å². The lowest BCUT2D eigenvalue weighted by Gasteiger charge is -2.14. The normalized spacial score (nSPS) is 30.9. The van der Waals surface area contributed by atoms with Gasteiger partial charge in [-0.15, -0.1) is 0 Å². The van der Waals surface area contributed by atoms with E-state index in [1.165, 1.54) is 38.5 Å². The minimum absolute atomic E-state index is 0.230. The Hall–Kier alpha value is -0.160. The summed E-state index contributed by atoms with van der Waals surface area (Å²) in [5.41, 5.74) is 0. The summed E-state index contributed by atoms with van der Waals surface area (Å²) < 4.78 is 5.44. The monoisotopic (exact) mass is 274 g/mol. The molecule has 0 aliphatic carbocycles. The fraction of sp³-hybridized carbons (Fsp3) is 1.00. The van der Waals surface area contributed by atoms with Crippen molar-refractivity contribution in [2.24, 2.45) is 0 Å². The van der Waals surface area contributed by atoms with Gasteiger partial charge in [-0.25, -0.2) is 0 Å². The van der Waals surface area contributed by atoms with E-state index in [1.54, 1.807) is 0 Å². The highest BCUT2D eigenvalue weighted by atomic mass is 16.6. The Labute approximate surface area is 116 Å². The first-order valence-electron chi connectivity index (χ1n) is 7.83. The molecule has 1 aliphatic rings. The van der Waals surface area contributed by atoms with Gasteiger partial charge in [0.1, 0.15) is 18.3 Å². The molecule has 0 amide bonds. The lowest BCUT2D eigenvalue weighted by atomic mass is 10.0. The molecule has 1 saturated heterocycles. The van der Waals surface area contributed by atoms with Crippen LogP contribution in [0.2, 0.25) is 0 Å². The molecule has 1 heterocycles. The molecule has 1 fully saturated rings. The molecule has 0 aromatic carbocycles. The summed E-state index contributed by atoms with van der Waals surface area (Å²) in [6.45, 7) is 1.99. The summed E-state index contributed by atoms with van der Waals surface area (Å²) in [4.78, 5) is 0. The van der Waals surface area contributed by atoms with Crippen LogP contribution in [0.25, 0.3) is 0 Å². The van der Waals surface area contributed by atoms with Crippen LogP contribution in [0.3, 0.4) is 0 Å². The highest BCUT2D eigenvalue weighted by Gasteiger charge is 2.41. The predicted molar refractivity (Wildman–Crippen MR) is 75.0 cm³/mol. The Morgan fingerprint density at radius 1 is 0.789 bits per heavy atom. The van der Waals surface area contributed by atoms with E-state index < -0.39 is 18.3 Å². The lowest BCUT2D eigenvalue weighted by molar-refractivity contribution is -0.0246. The van der Waals surface area contributed by atoms with Gasteiger partial charge in [-0.05, 0) is 6.42 Å². The van der Waals surface area contributed by atoms with Crippen LogP contribution in [0.4, 0.5) is 0 Å².